The summed E-state index contributed by atoms with van der Waals surface area (Å²) < 4.78 is 0. The highest BCUT2D eigenvalue weighted by atomic mass is 35.5. The van der Waals surface area contributed by atoms with Gasteiger partial charge in [0.25, 0.3) is 0 Å². The number of thiazole rings is 1. The van der Waals surface area contributed by atoms with Gasteiger partial charge in [-0.05, 0) is 79.8 Å². The van der Waals surface area contributed by atoms with E-state index in [0.29, 0.717) is 57.0 Å². The second kappa shape index (κ2) is 25.3. The van der Waals surface area contributed by atoms with Crippen molar-refractivity contribution in [3.05, 3.63) is 93.5 Å². The van der Waals surface area contributed by atoms with E-state index < -0.39 is 29.7 Å². The lowest BCUT2D eigenvalue weighted by atomic mass is 9.85. The number of aromatic nitrogens is 3. The standard InChI is InChI=1S/C55H76ClN9O6S/c1-35-29-45(67)48-47(35)51(59-33-58-48)63-25-27-64(28-26-63)53(70)43(39-20-22-41(56)23-21-39)31-57-24-14-12-10-8-7-9-11-13-15-46(68)62-50(55(4,5)6)54(71)65-32-42(66)30-44(65)52(69)61-36(2)38-16-18-40(19-17-38)49-37(3)60-34-72-49/h16-23,33-36,42-45,50,57,66-67H,7-15,24-32H2,1-6H3,(H,61,69)(H,62,68)/t35-,36+,42-,43-,44+,45-,50-/m1/s1. The van der Waals surface area contributed by atoms with E-state index >= 15 is 0 Å². The summed E-state index contributed by atoms with van der Waals surface area (Å²) in [4.78, 5) is 75.2. The van der Waals surface area contributed by atoms with Crippen LogP contribution in [0, 0.1) is 12.3 Å². The Morgan fingerprint density at radius 1 is 0.819 bits per heavy atom. The number of hydrogen-bond acceptors (Lipinski definition) is 12. The number of halogens is 1. The van der Waals surface area contributed by atoms with E-state index in [1.165, 1.54) is 11.2 Å². The van der Waals surface area contributed by atoms with Gasteiger partial charge in [0, 0.05) is 62.7 Å². The van der Waals surface area contributed by atoms with Crippen LogP contribution in [-0.2, 0) is 19.2 Å². The summed E-state index contributed by atoms with van der Waals surface area (Å²) >= 11 is 7.82. The third-order valence-electron chi connectivity index (χ3n) is 14.7. The summed E-state index contributed by atoms with van der Waals surface area (Å²) in [6, 6.07) is 13.6. The van der Waals surface area contributed by atoms with Crippen molar-refractivity contribution in [1.82, 2.24) is 40.7 Å². The van der Waals surface area contributed by atoms with E-state index in [4.69, 9.17) is 11.6 Å². The maximum atomic E-state index is 14.1. The molecular formula is C55H76ClN9O6S. The van der Waals surface area contributed by atoms with Crippen LogP contribution in [0.15, 0.2) is 60.4 Å². The Balaban J connectivity index is 0.780. The van der Waals surface area contributed by atoms with Crippen molar-refractivity contribution in [3.63, 3.8) is 0 Å². The molecule has 15 nitrogen and oxygen atoms in total. The maximum Gasteiger partial charge on any atom is 0.246 e. The predicted octanol–water partition coefficient (Wildman–Crippen LogP) is 8.01. The number of nitrogens with one attached hydrogen (secondary N) is 3. The Kier molecular flexibility index (Phi) is 19.2. The zero-order chi connectivity index (χ0) is 51.5. The van der Waals surface area contributed by atoms with Gasteiger partial charge in [-0.2, -0.15) is 0 Å². The van der Waals surface area contributed by atoms with Crippen molar-refractivity contribution in [1.29, 1.82) is 0 Å². The molecule has 17 heteroatoms. The van der Waals surface area contributed by atoms with Gasteiger partial charge in [0.1, 0.15) is 24.2 Å². The van der Waals surface area contributed by atoms with Gasteiger partial charge >= 0.3 is 0 Å². The number of likely N-dealkylation sites (tertiary alicyclic amines) is 1. The number of fused-ring (bicyclic) bond motifs is 1. The van der Waals surface area contributed by atoms with Crippen LogP contribution in [0.5, 0.6) is 0 Å². The molecular weight excluding hydrogens is 950 g/mol. The van der Waals surface area contributed by atoms with Gasteiger partial charge in [-0.15, -0.1) is 11.3 Å². The molecule has 0 radical (unpaired) electrons. The van der Waals surface area contributed by atoms with Gasteiger partial charge in [-0.3, -0.25) is 19.2 Å². The van der Waals surface area contributed by atoms with Gasteiger partial charge in [-0.1, -0.05) is 114 Å². The number of aliphatic hydroxyl groups is 2. The fourth-order valence-corrected chi connectivity index (χ4v) is 11.4. The number of amides is 4. The highest BCUT2D eigenvalue weighted by Gasteiger charge is 2.45. The first-order valence-electron chi connectivity index (χ1n) is 26.1. The number of unbranched alkanes of at least 4 members (excludes halogenated alkanes) is 7. The summed E-state index contributed by atoms with van der Waals surface area (Å²) in [6.45, 7) is 15.6. The number of anilines is 1. The maximum absolute atomic E-state index is 14.1. The first-order chi connectivity index (χ1) is 34.5. The van der Waals surface area contributed by atoms with Crippen LogP contribution in [0.1, 0.15) is 157 Å². The molecule has 1 aliphatic carbocycles. The number of β-amino-alcohol motifs (C(OH)–C–C–N with tert-alkyl or cyclic N) is 1. The van der Waals surface area contributed by atoms with Gasteiger partial charge in [0.2, 0.25) is 23.6 Å². The Morgan fingerprint density at radius 3 is 2.12 bits per heavy atom. The average Bonchev–Trinajstić information content (AvgIpc) is 4.07. The summed E-state index contributed by atoms with van der Waals surface area (Å²) in [5.41, 5.74) is 6.86. The number of hydrogen-bond donors (Lipinski definition) is 5. The Morgan fingerprint density at radius 2 is 1.47 bits per heavy atom. The normalized spacial score (nSPS) is 20.3. The number of benzene rings is 2. The van der Waals surface area contributed by atoms with E-state index in [9.17, 15) is 29.4 Å². The van der Waals surface area contributed by atoms with Crippen LogP contribution in [0.25, 0.3) is 10.4 Å². The number of aliphatic hydroxyl groups excluding tert-OH is 2. The molecule has 2 saturated heterocycles. The highest BCUT2D eigenvalue weighted by Crippen LogP contribution is 2.43. The summed E-state index contributed by atoms with van der Waals surface area (Å²) in [7, 11) is 0. The summed E-state index contributed by atoms with van der Waals surface area (Å²) in [5.74, 6) is -0.0555. The number of nitrogens with zero attached hydrogens (tertiary/aromatic N) is 6. The van der Waals surface area contributed by atoms with E-state index in [1.807, 2.05) is 93.6 Å². The highest BCUT2D eigenvalue weighted by molar-refractivity contribution is 7.13. The minimum Gasteiger partial charge on any atom is -0.391 e. The van der Waals surface area contributed by atoms with Crippen LogP contribution >= 0.6 is 22.9 Å². The molecule has 2 aromatic heterocycles. The van der Waals surface area contributed by atoms with Gasteiger partial charge < -0.3 is 40.9 Å². The molecule has 4 heterocycles. The van der Waals surface area contributed by atoms with Gasteiger partial charge in [0.05, 0.1) is 45.9 Å². The van der Waals surface area contributed by atoms with Crippen molar-refractivity contribution in [2.75, 3.05) is 50.7 Å². The molecule has 0 bridgehead atoms. The van der Waals surface area contributed by atoms with Crippen molar-refractivity contribution in [3.8, 4) is 10.4 Å². The monoisotopic (exact) mass is 1030 g/mol. The number of piperazine rings is 1. The third-order valence-corrected chi connectivity index (χ3v) is 15.9. The Bertz CT molecular complexity index is 2440. The van der Waals surface area contributed by atoms with Crippen molar-refractivity contribution >= 4 is 52.4 Å². The lowest BCUT2D eigenvalue weighted by molar-refractivity contribution is -0.144. The molecule has 0 spiro atoms. The second-order valence-corrected chi connectivity index (χ2v) is 22.5. The second-order valence-electron chi connectivity index (χ2n) is 21.2. The average molecular weight is 1030 g/mol. The molecule has 4 amide bonds. The SMILES string of the molecule is Cc1ncsc1-c1ccc([C@H](C)NC(=O)[C@@H]2C[C@@H](O)CN2C(=O)[C@@H](NC(=O)CCCCCCCCCCNC[C@@H](C(=O)N2CCN(c3ncnc4c3[C@H](C)C[C@H]4O)CC2)c2ccc(Cl)cc2)C(C)(C)C)cc1. The summed E-state index contributed by atoms with van der Waals surface area (Å²) in [5, 5.41) is 31.4. The van der Waals surface area contributed by atoms with Crippen LogP contribution < -0.4 is 20.9 Å². The molecule has 7 atom stereocenters. The smallest absolute Gasteiger partial charge is 0.246 e. The zero-order valence-electron chi connectivity index (χ0n) is 43.0. The van der Waals surface area contributed by atoms with Crippen molar-refractivity contribution < 1.29 is 29.4 Å². The molecule has 72 heavy (non-hydrogen) atoms. The third kappa shape index (κ3) is 14.0. The van der Waals surface area contributed by atoms with Crippen LogP contribution in [-0.4, -0.2) is 123 Å². The lowest BCUT2D eigenvalue weighted by Gasteiger charge is -2.38. The number of carbonyl (C=O) groups excluding carboxylic acids is 4. The Hall–Kier alpha value is -5.00. The molecule has 2 aromatic carbocycles. The molecule has 2 aliphatic heterocycles. The summed E-state index contributed by atoms with van der Waals surface area (Å²) in [6.07, 6.45) is 9.26. The van der Waals surface area contributed by atoms with E-state index in [0.717, 1.165) is 95.8 Å². The minimum absolute atomic E-state index is 0.0275. The van der Waals surface area contributed by atoms with Crippen molar-refractivity contribution in [2.45, 2.75) is 154 Å². The van der Waals surface area contributed by atoms with Crippen LogP contribution in [0.4, 0.5) is 5.82 Å². The largest absolute Gasteiger partial charge is 0.391 e. The zero-order valence-corrected chi connectivity index (χ0v) is 44.6. The van der Waals surface area contributed by atoms with Gasteiger partial charge in [0.15, 0.2) is 0 Å². The molecule has 0 saturated carbocycles. The fraction of sp³-hybridized carbons (Fsp3) is 0.582. The lowest BCUT2D eigenvalue weighted by Crippen LogP contribution is -2.57. The number of aryl methyl sites for hydroxylation is 1. The molecule has 0 unspecified atom stereocenters. The first kappa shape index (κ1) is 54.8. The Labute approximate surface area is 434 Å². The molecule has 2 fully saturated rings. The van der Waals surface area contributed by atoms with Crippen LogP contribution in [0.3, 0.4) is 0 Å². The molecule has 3 aliphatic rings. The van der Waals surface area contributed by atoms with E-state index in [2.05, 4.69) is 42.7 Å². The quantitative estimate of drug-likeness (QED) is 0.0479. The predicted molar refractivity (Wildman–Crippen MR) is 284 cm³/mol. The molecule has 4 aromatic rings. The van der Waals surface area contributed by atoms with Crippen molar-refractivity contribution in [2.24, 2.45) is 5.41 Å². The minimum atomic E-state index is -0.857. The van der Waals surface area contributed by atoms with Gasteiger partial charge in [-0.25, -0.2) is 15.0 Å². The molecule has 7 rings (SSSR count). The van der Waals surface area contributed by atoms with E-state index in [1.54, 1.807) is 11.3 Å². The number of carbonyl (C=O) groups is 4. The molecule has 5 N–H and O–H groups in total. The molecule has 390 valence electrons. The van der Waals surface area contributed by atoms with E-state index in [-0.39, 0.29) is 54.5 Å². The topological polar surface area (TPSA) is 193 Å². The fourth-order valence-electron chi connectivity index (χ4n) is 10.4. The first-order valence-corrected chi connectivity index (χ1v) is 27.4. The van der Waals surface area contributed by atoms with Crippen LogP contribution in [0.2, 0.25) is 5.02 Å². The number of rotatable bonds is 22.